The van der Waals surface area contributed by atoms with Crippen LogP contribution in [0.2, 0.25) is 5.02 Å². The van der Waals surface area contributed by atoms with Crippen molar-refractivity contribution >= 4 is 21.4 Å². The van der Waals surface area contributed by atoms with Gasteiger partial charge < -0.3 is 0 Å². The molecule has 1 heterocycles. The van der Waals surface area contributed by atoms with Crippen LogP contribution in [-0.2, 0) is 9.84 Å². The standard InChI is InChI=1S/C14H15ClN2O2S/c15-13-10-11(17-9-3-8-16-17)6-7-14(13)20(18,19)12-4-1-2-5-12/h3,6-10,12H,1-2,4-5H2. The second-order valence-corrected chi connectivity index (χ2v) is 7.62. The van der Waals surface area contributed by atoms with Gasteiger partial charge in [-0.3, -0.25) is 0 Å². The predicted octanol–water partition coefficient (Wildman–Crippen LogP) is 3.24. The van der Waals surface area contributed by atoms with Gasteiger partial charge in [-0.05, 0) is 37.1 Å². The Labute approximate surface area is 123 Å². The van der Waals surface area contributed by atoms with E-state index < -0.39 is 9.84 Å². The van der Waals surface area contributed by atoms with Crippen molar-refractivity contribution in [3.63, 3.8) is 0 Å². The summed E-state index contributed by atoms with van der Waals surface area (Å²) in [7, 11) is -3.32. The molecule has 1 aliphatic rings. The lowest BCUT2D eigenvalue weighted by Crippen LogP contribution is -2.18. The molecule has 0 aliphatic heterocycles. The summed E-state index contributed by atoms with van der Waals surface area (Å²) >= 11 is 6.19. The Morgan fingerprint density at radius 2 is 2.00 bits per heavy atom. The summed E-state index contributed by atoms with van der Waals surface area (Å²) < 4.78 is 26.7. The molecule has 0 radical (unpaired) electrons. The number of hydrogen-bond acceptors (Lipinski definition) is 3. The van der Waals surface area contributed by atoms with Crippen molar-refractivity contribution in [2.45, 2.75) is 35.8 Å². The van der Waals surface area contributed by atoms with Crippen molar-refractivity contribution in [1.29, 1.82) is 0 Å². The Morgan fingerprint density at radius 3 is 2.60 bits per heavy atom. The Kier molecular flexibility index (Phi) is 3.56. The molecule has 0 amide bonds. The molecule has 0 saturated heterocycles. The fourth-order valence-corrected chi connectivity index (χ4v) is 5.06. The Bertz CT molecular complexity index is 705. The van der Waals surface area contributed by atoms with E-state index in [1.54, 1.807) is 41.3 Å². The molecule has 6 heteroatoms. The number of rotatable bonds is 3. The molecule has 0 spiro atoms. The van der Waals surface area contributed by atoms with Crippen LogP contribution in [0.1, 0.15) is 25.7 Å². The third-order valence-electron chi connectivity index (χ3n) is 3.73. The van der Waals surface area contributed by atoms with E-state index in [4.69, 9.17) is 11.6 Å². The first-order chi connectivity index (χ1) is 9.59. The van der Waals surface area contributed by atoms with Crippen LogP contribution in [0.5, 0.6) is 0 Å². The predicted molar refractivity (Wildman–Crippen MR) is 78.0 cm³/mol. The average molecular weight is 311 g/mol. The van der Waals surface area contributed by atoms with E-state index in [0.29, 0.717) is 0 Å². The van der Waals surface area contributed by atoms with Gasteiger partial charge in [0.05, 0.1) is 20.9 Å². The summed E-state index contributed by atoms with van der Waals surface area (Å²) in [6.07, 6.45) is 6.88. The van der Waals surface area contributed by atoms with Crippen molar-refractivity contribution in [3.8, 4) is 5.69 Å². The smallest absolute Gasteiger partial charge is 0.182 e. The largest absolute Gasteiger partial charge is 0.241 e. The summed E-state index contributed by atoms with van der Waals surface area (Å²) in [4.78, 5) is 0.238. The molecule has 1 aromatic heterocycles. The number of benzene rings is 1. The normalized spacial score (nSPS) is 16.6. The van der Waals surface area contributed by atoms with Crippen molar-refractivity contribution in [1.82, 2.24) is 9.78 Å². The fourth-order valence-electron chi connectivity index (χ4n) is 2.66. The van der Waals surface area contributed by atoms with E-state index in [9.17, 15) is 8.42 Å². The van der Waals surface area contributed by atoms with Gasteiger partial charge in [0, 0.05) is 12.4 Å². The van der Waals surface area contributed by atoms with Crippen LogP contribution in [0, 0.1) is 0 Å². The minimum absolute atomic E-state index is 0.238. The van der Waals surface area contributed by atoms with Crippen LogP contribution in [0.3, 0.4) is 0 Å². The first-order valence-electron chi connectivity index (χ1n) is 6.62. The molecule has 0 atom stereocenters. The van der Waals surface area contributed by atoms with Gasteiger partial charge in [0.1, 0.15) is 0 Å². The summed E-state index contributed by atoms with van der Waals surface area (Å²) in [6, 6.07) is 6.78. The Morgan fingerprint density at radius 1 is 1.25 bits per heavy atom. The fraction of sp³-hybridized carbons (Fsp3) is 0.357. The maximum atomic E-state index is 12.5. The highest BCUT2D eigenvalue weighted by Crippen LogP contribution is 2.33. The minimum atomic E-state index is -3.32. The first-order valence-corrected chi connectivity index (χ1v) is 8.55. The highest BCUT2D eigenvalue weighted by atomic mass is 35.5. The number of sulfone groups is 1. The van der Waals surface area contributed by atoms with Gasteiger partial charge >= 0.3 is 0 Å². The van der Waals surface area contributed by atoms with E-state index in [2.05, 4.69) is 5.10 Å². The third-order valence-corrected chi connectivity index (χ3v) is 6.47. The van der Waals surface area contributed by atoms with Gasteiger partial charge in [0.15, 0.2) is 9.84 Å². The molecule has 20 heavy (non-hydrogen) atoms. The lowest BCUT2D eigenvalue weighted by Gasteiger charge is -2.13. The summed E-state index contributed by atoms with van der Waals surface area (Å²) in [6.45, 7) is 0. The van der Waals surface area contributed by atoms with Crippen LogP contribution in [-0.4, -0.2) is 23.4 Å². The van der Waals surface area contributed by atoms with Crippen molar-refractivity contribution < 1.29 is 8.42 Å². The van der Waals surface area contributed by atoms with E-state index in [1.807, 2.05) is 0 Å². The molecule has 1 fully saturated rings. The number of hydrogen-bond donors (Lipinski definition) is 0. The highest BCUT2D eigenvalue weighted by molar-refractivity contribution is 7.92. The molecule has 3 rings (SSSR count). The van der Waals surface area contributed by atoms with E-state index >= 15 is 0 Å². The molecule has 2 aromatic rings. The van der Waals surface area contributed by atoms with Crippen molar-refractivity contribution in [3.05, 3.63) is 41.7 Å². The number of aromatic nitrogens is 2. The molecule has 106 valence electrons. The lowest BCUT2D eigenvalue weighted by atomic mass is 10.3. The maximum absolute atomic E-state index is 12.5. The molecule has 1 aromatic carbocycles. The Hall–Kier alpha value is -1.33. The van der Waals surface area contributed by atoms with Crippen LogP contribution < -0.4 is 0 Å². The van der Waals surface area contributed by atoms with E-state index in [-0.39, 0.29) is 15.2 Å². The zero-order valence-corrected chi connectivity index (χ0v) is 12.4. The van der Waals surface area contributed by atoms with Gasteiger partial charge in [0.25, 0.3) is 0 Å². The molecule has 0 N–H and O–H groups in total. The summed E-state index contributed by atoms with van der Waals surface area (Å²) in [5.74, 6) is 0. The zero-order valence-electron chi connectivity index (χ0n) is 10.9. The molecule has 1 saturated carbocycles. The molecular formula is C14H15ClN2O2S. The topological polar surface area (TPSA) is 52.0 Å². The van der Waals surface area contributed by atoms with Crippen LogP contribution in [0.4, 0.5) is 0 Å². The van der Waals surface area contributed by atoms with E-state index in [1.165, 1.54) is 0 Å². The quantitative estimate of drug-likeness (QED) is 0.874. The van der Waals surface area contributed by atoms with Crippen molar-refractivity contribution in [2.75, 3.05) is 0 Å². The minimum Gasteiger partial charge on any atom is -0.241 e. The SMILES string of the molecule is O=S(=O)(c1ccc(-n2cccn2)cc1Cl)C1CCCC1. The summed E-state index contributed by atoms with van der Waals surface area (Å²) in [5, 5.41) is 4.09. The van der Waals surface area contributed by atoms with E-state index in [0.717, 1.165) is 31.4 Å². The number of halogens is 1. The van der Waals surface area contributed by atoms with Crippen molar-refractivity contribution in [2.24, 2.45) is 0 Å². The van der Waals surface area contributed by atoms with Gasteiger partial charge in [-0.25, -0.2) is 13.1 Å². The Balaban J connectivity index is 1.99. The lowest BCUT2D eigenvalue weighted by molar-refractivity contribution is 0.579. The average Bonchev–Trinajstić information content (AvgIpc) is 3.12. The van der Waals surface area contributed by atoms with Crippen LogP contribution in [0.25, 0.3) is 5.69 Å². The molecule has 1 aliphatic carbocycles. The monoisotopic (exact) mass is 310 g/mol. The second kappa shape index (κ2) is 5.22. The second-order valence-electron chi connectivity index (χ2n) is 5.02. The first kappa shape index (κ1) is 13.6. The third kappa shape index (κ3) is 2.36. The number of nitrogens with zero attached hydrogens (tertiary/aromatic N) is 2. The molecule has 0 unspecified atom stereocenters. The zero-order chi connectivity index (χ0) is 14.2. The van der Waals surface area contributed by atoms with Gasteiger partial charge in [0.2, 0.25) is 0 Å². The molecular weight excluding hydrogens is 296 g/mol. The maximum Gasteiger partial charge on any atom is 0.182 e. The molecule has 4 nitrogen and oxygen atoms in total. The summed E-state index contributed by atoms with van der Waals surface area (Å²) in [5.41, 5.74) is 0.755. The highest BCUT2D eigenvalue weighted by Gasteiger charge is 2.31. The van der Waals surface area contributed by atoms with Gasteiger partial charge in [-0.2, -0.15) is 5.10 Å². The van der Waals surface area contributed by atoms with Gasteiger partial charge in [-0.15, -0.1) is 0 Å². The van der Waals surface area contributed by atoms with Crippen LogP contribution in [0.15, 0.2) is 41.6 Å². The van der Waals surface area contributed by atoms with Crippen LogP contribution >= 0.6 is 11.6 Å². The van der Waals surface area contributed by atoms with Gasteiger partial charge in [-0.1, -0.05) is 24.4 Å². The molecule has 0 bridgehead atoms.